The number of imidazole rings is 1. The SMILES string of the molecule is Cc1ccc(CCc2ncc[nH]2)c(-c2ccccc2)c1. The number of nitrogens with zero attached hydrogens (tertiary/aromatic N) is 1. The van der Waals surface area contributed by atoms with Crippen molar-refractivity contribution in [1.82, 2.24) is 9.97 Å². The molecule has 0 atom stereocenters. The van der Waals surface area contributed by atoms with Crippen LogP contribution < -0.4 is 0 Å². The summed E-state index contributed by atoms with van der Waals surface area (Å²) in [4.78, 5) is 7.46. The van der Waals surface area contributed by atoms with Gasteiger partial charge in [-0.3, -0.25) is 0 Å². The van der Waals surface area contributed by atoms with Crippen molar-refractivity contribution in [1.29, 1.82) is 0 Å². The number of aromatic amines is 1. The second-order valence-corrected chi connectivity index (χ2v) is 5.06. The molecule has 0 aliphatic heterocycles. The van der Waals surface area contributed by atoms with Crippen molar-refractivity contribution in [3.8, 4) is 11.1 Å². The van der Waals surface area contributed by atoms with Gasteiger partial charge in [-0.25, -0.2) is 4.98 Å². The minimum Gasteiger partial charge on any atom is -0.349 e. The molecule has 0 fully saturated rings. The molecule has 0 bridgehead atoms. The lowest BCUT2D eigenvalue weighted by Gasteiger charge is -2.10. The van der Waals surface area contributed by atoms with Gasteiger partial charge in [0, 0.05) is 18.8 Å². The molecule has 0 saturated carbocycles. The summed E-state index contributed by atoms with van der Waals surface area (Å²) in [5, 5.41) is 0. The van der Waals surface area contributed by atoms with Crippen LogP contribution in [0.5, 0.6) is 0 Å². The predicted octanol–water partition coefficient (Wildman–Crippen LogP) is 4.17. The molecule has 1 aromatic heterocycles. The first-order chi connectivity index (χ1) is 9.83. The Hall–Kier alpha value is -2.35. The lowest BCUT2D eigenvalue weighted by molar-refractivity contribution is 0.885. The highest BCUT2D eigenvalue weighted by Crippen LogP contribution is 2.25. The molecular formula is C18H18N2. The van der Waals surface area contributed by atoms with Crippen LogP contribution in [0.3, 0.4) is 0 Å². The summed E-state index contributed by atoms with van der Waals surface area (Å²) in [5.41, 5.74) is 5.28. The molecular weight excluding hydrogens is 244 g/mol. The zero-order valence-electron chi connectivity index (χ0n) is 11.6. The molecule has 1 N–H and O–H groups in total. The molecule has 2 aromatic carbocycles. The molecule has 2 nitrogen and oxygen atoms in total. The average molecular weight is 262 g/mol. The van der Waals surface area contributed by atoms with Crippen LogP contribution in [0, 0.1) is 6.92 Å². The van der Waals surface area contributed by atoms with E-state index in [2.05, 4.69) is 65.4 Å². The van der Waals surface area contributed by atoms with E-state index in [1.807, 2.05) is 12.4 Å². The van der Waals surface area contributed by atoms with Crippen molar-refractivity contribution in [3.63, 3.8) is 0 Å². The zero-order valence-corrected chi connectivity index (χ0v) is 11.6. The van der Waals surface area contributed by atoms with Crippen LogP contribution in [-0.2, 0) is 12.8 Å². The molecule has 100 valence electrons. The second kappa shape index (κ2) is 5.74. The van der Waals surface area contributed by atoms with Gasteiger partial charge in [0.2, 0.25) is 0 Å². The Morgan fingerprint density at radius 3 is 2.60 bits per heavy atom. The lowest BCUT2D eigenvalue weighted by Crippen LogP contribution is -1.96. The fourth-order valence-electron chi connectivity index (χ4n) is 2.48. The Morgan fingerprint density at radius 1 is 1.00 bits per heavy atom. The molecule has 0 radical (unpaired) electrons. The van der Waals surface area contributed by atoms with Gasteiger partial charge in [0.15, 0.2) is 0 Å². The van der Waals surface area contributed by atoms with Crippen molar-refractivity contribution in [2.24, 2.45) is 0 Å². The quantitative estimate of drug-likeness (QED) is 0.751. The highest BCUT2D eigenvalue weighted by atomic mass is 14.9. The van der Waals surface area contributed by atoms with E-state index in [-0.39, 0.29) is 0 Å². The van der Waals surface area contributed by atoms with E-state index in [1.54, 1.807) is 0 Å². The van der Waals surface area contributed by atoms with Gasteiger partial charge in [0.05, 0.1) is 0 Å². The average Bonchev–Trinajstić information content (AvgIpc) is 3.00. The number of rotatable bonds is 4. The van der Waals surface area contributed by atoms with Gasteiger partial charge in [-0.05, 0) is 30.0 Å². The van der Waals surface area contributed by atoms with E-state index in [9.17, 15) is 0 Å². The third kappa shape index (κ3) is 2.80. The van der Waals surface area contributed by atoms with Gasteiger partial charge in [-0.15, -0.1) is 0 Å². The van der Waals surface area contributed by atoms with E-state index in [4.69, 9.17) is 0 Å². The Kier molecular flexibility index (Phi) is 3.64. The van der Waals surface area contributed by atoms with Gasteiger partial charge >= 0.3 is 0 Å². The summed E-state index contributed by atoms with van der Waals surface area (Å²) in [6, 6.07) is 17.3. The number of benzene rings is 2. The maximum Gasteiger partial charge on any atom is 0.106 e. The number of aromatic nitrogens is 2. The van der Waals surface area contributed by atoms with E-state index in [0.717, 1.165) is 18.7 Å². The second-order valence-electron chi connectivity index (χ2n) is 5.06. The Balaban J connectivity index is 1.90. The number of H-pyrrole nitrogens is 1. The van der Waals surface area contributed by atoms with Crippen molar-refractivity contribution in [3.05, 3.63) is 77.9 Å². The van der Waals surface area contributed by atoms with Gasteiger partial charge < -0.3 is 4.98 Å². The van der Waals surface area contributed by atoms with Crippen LogP contribution in [0.2, 0.25) is 0 Å². The summed E-state index contributed by atoms with van der Waals surface area (Å²) in [6.07, 6.45) is 5.62. The van der Waals surface area contributed by atoms with Crippen LogP contribution in [0.4, 0.5) is 0 Å². The van der Waals surface area contributed by atoms with Crippen LogP contribution in [0.1, 0.15) is 17.0 Å². The minimum absolute atomic E-state index is 0.940. The van der Waals surface area contributed by atoms with Gasteiger partial charge in [-0.1, -0.05) is 54.1 Å². The Morgan fingerprint density at radius 2 is 1.85 bits per heavy atom. The van der Waals surface area contributed by atoms with E-state index >= 15 is 0 Å². The largest absolute Gasteiger partial charge is 0.349 e. The van der Waals surface area contributed by atoms with E-state index in [1.165, 1.54) is 22.3 Å². The van der Waals surface area contributed by atoms with Crippen molar-refractivity contribution in [2.45, 2.75) is 19.8 Å². The fraction of sp³-hybridized carbons (Fsp3) is 0.167. The highest BCUT2D eigenvalue weighted by molar-refractivity contribution is 5.68. The monoisotopic (exact) mass is 262 g/mol. The van der Waals surface area contributed by atoms with Gasteiger partial charge in [0.1, 0.15) is 5.82 Å². The summed E-state index contributed by atoms with van der Waals surface area (Å²) in [6.45, 7) is 2.14. The van der Waals surface area contributed by atoms with Gasteiger partial charge in [-0.2, -0.15) is 0 Å². The third-order valence-corrected chi connectivity index (χ3v) is 3.54. The Labute approximate surface area is 119 Å². The number of hydrogen-bond acceptors (Lipinski definition) is 1. The molecule has 0 spiro atoms. The first-order valence-corrected chi connectivity index (χ1v) is 6.96. The molecule has 0 unspecified atom stereocenters. The molecule has 20 heavy (non-hydrogen) atoms. The number of nitrogens with one attached hydrogen (secondary N) is 1. The van der Waals surface area contributed by atoms with Crippen molar-refractivity contribution >= 4 is 0 Å². The maximum absolute atomic E-state index is 4.30. The molecule has 1 heterocycles. The van der Waals surface area contributed by atoms with E-state index < -0.39 is 0 Å². The molecule has 0 aliphatic carbocycles. The fourth-order valence-corrected chi connectivity index (χ4v) is 2.48. The first kappa shape index (κ1) is 12.7. The van der Waals surface area contributed by atoms with Gasteiger partial charge in [0.25, 0.3) is 0 Å². The lowest BCUT2D eigenvalue weighted by atomic mass is 9.95. The van der Waals surface area contributed by atoms with Crippen LogP contribution >= 0.6 is 0 Å². The smallest absolute Gasteiger partial charge is 0.106 e. The Bertz CT molecular complexity index is 670. The normalized spacial score (nSPS) is 10.7. The predicted molar refractivity (Wildman–Crippen MR) is 82.6 cm³/mol. The summed E-state index contributed by atoms with van der Waals surface area (Å²) >= 11 is 0. The zero-order chi connectivity index (χ0) is 13.8. The maximum atomic E-state index is 4.30. The summed E-state index contributed by atoms with van der Waals surface area (Å²) in [7, 11) is 0. The van der Waals surface area contributed by atoms with Crippen molar-refractivity contribution in [2.75, 3.05) is 0 Å². The van der Waals surface area contributed by atoms with Crippen LogP contribution in [0.25, 0.3) is 11.1 Å². The van der Waals surface area contributed by atoms with Crippen LogP contribution in [0.15, 0.2) is 60.9 Å². The van der Waals surface area contributed by atoms with Crippen molar-refractivity contribution < 1.29 is 0 Å². The topological polar surface area (TPSA) is 28.7 Å². The van der Waals surface area contributed by atoms with E-state index in [0.29, 0.717) is 0 Å². The number of hydrogen-bond donors (Lipinski definition) is 1. The summed E-state index contributed by atoms with van der Waals surface area (Å²) in [5.74, 6) is 1.05. The number of aryl methyl sites for hydroxylation is 3. The first-order valence-electron chi connectivity index (χ1n) is 6.96. The highest BCUT2D eigenvalue weighted by Gasteiger charge is 2.06. The molecule has 2 heteroatoms. The molecule has 0 saturated heterocycles. The third-order valence-electron chi connectivity index (χ3n) is 3.54. The summed E-state index contributed by atoms with van der Waals surface area (Å²) < 4.78 is 0. The molecule has 0 aliphatic rings. The van der Waals surface area contributed by atoms with Crippen LogP contribution in [-0.4, -0.2) is 9.97 Å². The standard InChI is InChI=1S/C18H18N2/c1-14-7-8-16(9-10-18-19-11-12-20-18)17(13-14)15-5-3-2-4-6-15/h2-8,11-13H,9-10H2,1H3,(H,19,20). The minimum atomic E-state index is 0.940. The molecule has 3 rings (SSSR count). The molecule has 0 amide bonds. The molecule has 3 aromatic rings.